The lowest BCUT2D eigenvalue weighted by Crippen LogP contribution is -2.07. The molecule has 2 nitrogen and oxygen atoms in total. The van der Waals surface area contributed by atoms with Crippen LogP contribution in [0.3, 0.4) is 0 Å². The van der Waals surface area contributed by atoms with Gasteiger partial charge in [-0.3, -0.25) is 4.79 Å². The van der Waals surface area contributed by atoms with Gasteiger partial charge in [0.2, 0.25) is 0 Å². The van der Waals surface area contributed by atoms with Crippen molar-refractivity contribution in [1.82, 2.24) is 0 Å². The molecule has 0 amide bonds. The second kappa shape index (κ2) is 9.49. The largest absolute Gasteiger partial charge is 0.465 e. The summed E-state index contributed by atoms with van der Waals surface area (Å²) in [6, 6.07) is 0. The first-order valence-corrected chi connectivity index (χ1v) is 7.51. The van der Waals surface area contributed by atoms with Gasteiger partial charge in [0.25, 0.3) is 0 Å². The number of carbonyl (C=O) groups excluding carboxylic acids is 1. The van der Waals surface area contributed by atoms with Crippen LogP contribution in [-0.4, -0.2) is 12.6 Å². The maximum Gasteiger partial charge on any atom is 0.308 e. The van der Waals surface area contributed by atoms with Crippen LogP contribution in [0.1, 0.15) is 77.6 Å². The van der Waals surface area contributed by atoms with Gasteiger partial charge in [0, 0.05) is 0 Å². The van der Waals surface area contributed by atoms with E-state index in [9.17, 15) is 4.79 Å². The minimum Gasteiger partial charge on any atom is -0.465 e. The molecule has 0 bridgehead atoms. The van der Waals surface area contributed by atoms with Crippen molar-refractivity contribution in [3.8, 4) is 0 Å². The molecule has 1 rings (SSSR count). The average molecular weight is 240 g/mol. The molecule has 0 saturated heterocycles. The van der Waals surface area contributed by atoms with Crippen LogP contribution in [-0.2, 0) is 9.53 Å². The SMILES string of the molecule is CCCCCCCCCCCOC(=O)C1CC1. The monoisotopic (exact) mass is 240 g/mol. The van der Waals surface area contributed by atoms with Crippen molar-refractivity contribution in [3.63, 3.8) is 0 Å². The van der Waals surface area contributed by atoms with Crippen LogP contribution in [0.4, 0.5) is 0 Å². The standard InChI is InChI=1S/C15H28O2/c1-2-3-4-5-6-7-8-9-10-13-17-15(16)14-11-12-14/h14H,2-13H2,1H3. The lowest BCUT2D eigenvalue weighted by molar-refractivity contribution is -0.145. The van der Waals surface area contributed by atoms with E-state index in [-0.39, 0.29) is 11.9 Å². The Kier molecular flexibility index (Phi) is 8.12. The minimum atomic E-state index is 0.0459. The molecule has 0 spiro atoms. The summed E-state index contributed by atoms with van der Waals surface area (Å²) in [6.45, 7) is 2.90. The smallest absolute Gasteiger partial charge is 0.308 e. The maximum absolute atomic E-state index is 11.2. The Morgan fingerprint density at radius 2 is 1.47 bits per heavy atom. The van der Waals surface area contributed by atoms with Crippen molar-refractivity contribution in [2.24, 2.45) is 5.92 Å². The van der Waals surface area contributed by atoms with Gasteiger partial charge in [-0.25, -0.2) is 0 Å². The second-order valence-electron chi connectivity index (χ2n) is 5.27. The second-order valence-corrected chi connectivity index (χ2v) is 5.27. The predicted octanol–water partition coefficient (Wildman–Crippen LogP) is 4.47. The van der Waals surface area contributed by atoms with E-state index in [0.29, 0.717) is 6.61 Å². The predicted molar refractivity (Wildman–Crippen MR) is 70.9 cm³/mol. The third-order valence-electron chi connectivity index (χ3n) is 3.40. The molecule has 0 aliphatic heterocycles. The summed E-state index contributed by atoms with van der Waals surface area (Å²) in [4.78, 5) is 11.2. The Labute approximate surface area is 106 Å². The van der Waals surface area contributed by atoms with Gasteiger partial charge < -0.3 is 4.74 Å². The molecular formula is C15H28O2. The highest BCUT2D eigenvalue weighted by molar-refractivity contribution is 5.74. The van der Waals surface area contributed by atoms with Crippen molar-refractivity contribution in [1.29, 1.82) is 0 Å². The lowest BCUT2D eigenvalue weighted by atomic mass is 10.1. The van der Waals surface area contributed by atoms with Gasteiger partial charge in [-0.15, -0.1) is 0 Å². The fourth-order valence-corrected chi connectivity index (χ4v) is 2.02. The van der Waals surface area contributed by atoms with Crippen molar-refractivity contribution in [2.45, 2.75) is 77.6 Å². The summed E-state index contributed by atoms with van der Waals surface area (Å²) in [5.74, 6) is 0.304. The number of hydrogen-bond donors (Lipinski definition) is 0. The normalized spacial score (nSPS) is 14.9. The molecule has 1 saturated carbocycles. The molecular weight excluding hydrogens is 212 g/mol. The molecule has 0 aromatic carbocycles. The Morgan fingerprint density at radius 1 is 0.941 bits per heavy atom. The van der Waals surface area contributed by atoms with E-state index in [1.807, 2.05) is 0 Å². The summed E-state index contributed by atoms with van der Waals surface area (Å²) in [5.41, 5.74) is 0. The molecule has 100 valence electrons. The zero-order valence-electron chi connectivity index (χ0n) is 11.4. The van der Waals surface area contributed by atoms with Gasteiger partial charge in [-0.2, -0.15) is 0 Å². The average Bonchev–Trinajstić information content (AvgIpc) is 3.15. The third kappa shape index (κ3) is 8.23. The molecule has 17 heavy (non-hydrogen) atoms. The topological polar surface area (TPSA) is 26.3 Å². The van der Waals surface area contributed by atoms with Crippen LogP contribution < -0.4 is 0 Å². The molecule has 1 aliphatic carbocycles. The van der Waals surface area contributed by atoms with Gasteiger partial charge in [-0.05, 0) is 19.3 Å². The van der Waals surface area contributed by atoms with Gasteiger partial charge in [-0.1, -0.05) is 58.3 Å². The first kappa shape index (κ1) is 14.5. The summed E-state index contributed by atoms with van der Waals surface area (Å²) in [7, 11) is 0. The van der Waals surface area contributed by atoms with Crippen molar-refractivity contribution >= 4 is 5.97 Å². The third-order valence-corrected chi connectivity index (χ3v) is 3.40. The quantitative estimate of drug-likeness (QED) is 0.393. The van der Waals surface area contributed by atoms with Gasteiger partial charge in [0.1, 0.15) is 0 Å². The molecule has 1 fully saturated rings. The van der Waals surface area contributed by atoms with Gasteiger partial charge in [0.15, 0.2) is 0 Å². The minimum absolute atomic E-state index is 0.0459. The van der Waals surface area contributed by atoms with E-state index in [1.54, 1.807) is 0 Å². The first-order chi connectivity index (χ1) is 8.34. The molecule has 0 atom stereocenters. The van der Waals surface area contributed by atoms with Crippen LogP contribution in [0.25, 0.3) is 0 Å². The fourth-order valence-electron chi connectivity index (χ4n) is 2.02. The number of rotatable bonds is 11. The summed E-state index contributed by atoms with van der Waals surface area (Å²) >= 11 is 0. The Morgan fingerprint density at radius 3 is 2.00 bits per heavy atom. The molecule has 0 radical (unpaired) electrons. The summed E-state index contributed by atoms with van der Waals surface area (Å²) < 4.78 is 5.19. The molecule has 0 N–H and O–H groups in total. The van der Waals surface area contributed by atoms with Crippen LogP contribution >= 0.6 is 0 Å². The fraction of sp³-hybridized carbons (Fsp3) is 0.933. The highest BCUT2D eigenvalue weighted by Gasteiger charge is 2.30. The lowest BCUT2D eigenvalue weighted by Gasteiger charge is -2.04. The van der Waals surface area contributed by atoms with Gasteiger partial charge >= 0.3 is 5.97 Å². The van der Waals surface area contributed by atoms with Gasteiger partial charge in [0.05, 0.1) is 12.5 Å². The molecule has 0 unspecified atom stereocenters. The molecule has 1 aliphatic rings. The van der Waals surface area contributed by atoms with Crippen LogP contribution in [0.15, 0.2) is 0 Å². The number of carbonyl (C=O) groups is 1. The Bertz CT molecular complexity index is 197. The summed E-state index contributed by atoms with van der Waals surface area (Å²) in [5, 5.41) is 0. The van der Waals surface area contributed by atoms with Crippen molar-refractivity contribution in [2.75, 3.05) is 6.61 Å². The van der Waals surface area contributed by atoms with Crippen molar-refractivity contribution < 1.29 is 9.53 Å². The van der Waals surface area contributed by atoms with Crippen LogP contribution in [0.5, 0.6) is 0 Å². The first-order valence-electron chi connectivity index (χ1n) is 7.51. The van der Waals surface area contributed by atoms with E-state index in [1.165, 1.54) is 51.4 Å². The number of ether oxygens (including phenoxy) is 1. The van der Waals surface area contributed by atoms with E-state index < -0.39 is 0 Å². The Balaban J connectivity index is 1.70. The highest BCUT2D eigenvalue weighted by Crippen LogP contribution is 2.30. The van der Waals surface area contributed by atoms with E-state index >= 15 is 0 Å². The maximum atomic E-state index is 11.2. The number of esters is 1. The molecule has 0 heterocycles. The van der Waals surface area contributed by atoms with Crippen molar-refractivity contribution in [3.05, 3.63) is 0 Å². The zero-order valence-corrected chi connectivity index (χ0v) is 11.4. The molecule has 0 aromatic rings. The van der Waals surface area contributed by atoms with E-state index in [4.69, 9.17) is 4.74 Å². The van der Waals surface area contributed by atoms with Crippen LogP contribution in [0.2, 0.25) is 0 Å². The number of hydrogen-bond acceptors (Lipinski definition) is 2. The molecule has 2 heteroatoms. The Hall–Kier alpha value is -0.530. The zero-order chi connectivity index (χ0) is 12.3. The van der Waals surface area contributed by atoms with E-state index in [0.717, 1.165) is 19.3 Å². The number of unbranched alkanes of at least 4 members (excludes halogenated alkanes) is 8. The van der Waals surface area contributed by atoms with Crippen LogP contribution in [0, 0.1) is 5.92 Å². The summed E-state index contributed by atoms with van der Waals surface area (Å²) in [6.07, 6.45) is 13.9. The highest BCUT2D eigenvalue weighted by atomic mass is 16.5. The van der Waals surface area contributed by atoms with E-state index in [2.05, 4.69) is 6.92 Å². The molecule has 0 aromatic heterocycles.